The first-order chi connectivity index (χ1) is 9.92. The van der Waals surface area contributed by atoms with E-state index in [4.69, 9.17) is 11.6 Å². The summed E-state index contributed by atoms with van der Waals surface area (Å²) in [5, 5.41) is 0.256. The maximum absolute atomic E-state index is 13.4. The van der Waals surface area contributed by atoms with Gasteiger partial charge in [-0.25, -0.2) is 4.39 Å². The molecule has 0 aromatic heterocycles. The molecule has 0 aliphatic carbocycles. The summed E-state index contributed by atoms with van der Waals surface area (Å²) < 4.78 is 13.4. The van der Waals surface area contributed by atoms with Crippen molar-refractivity contribution in [1.82, 2.24) is 9.80 Å². The molecule has 0 radical (unpaired) electrons. The Morgan fingerprint density at radius 2 is 2.10 bits per heavy atom. The smallest absolute Gasteiger partial charge is 0.254 e. The summed E-state index contributed by atoms with van der Waals surface area (Å²) in [6.45, 7) is 8.68. The van der Waals surface area contributed by atoms with Gasteiger partial charge in [-0.1, -0.05) is 18.5 Å². The largest absolute Gasteiger partial charge is 0.336 e. The molecule has 0 bridgehead atoms. The highest BCUT2D eigenvalue weighted by Crippen LogP contribution is 2.20. The molecule has 5 heteroatoms. The third-order valence-electron chi connectivity index (χ3n) is 4.06. The van der Waals surface area contributed by atoms with E-state index in [9.17, 15) is 9.18 Å². The van der Waals surface area contributed by atoms with E-state index in [0.29, 0.717) is 30.7 Å². The Labute approximate surface area is 130 Å². The van der Waals surface area contributed by atoms with E-state index in [-0.39, 0.29) is 10.9 Å². The van der Waals surface area contributed by atoms with Gasteiger partial charge in [0.25, 0.3) is 5.91 Å². The molecule has 0 spiro atoms. The monoisotopic (exact) mass is 312 g/mol. The topological polar surface area (TPSA) is 23.6 Å². The van der Waals surface area contributed by atoms with E-state index in [1.807, 2.05) is 0 Å². The van der Waals surface area contributed by atoms with Gasteiger partial charge in [-0.2, -0.15) is 0 Å². The second kappa shape index (κ2) is 6.75. The molecule has 0 unspecified atom stereocenters. The number of amides is 1. The fourth-order valence-electron chi connectivity index (χ4n) is 2.96. The second-order valence-corrected chi connectivity index (χ2v) is 6.24. The molecule has 1 atom stereocenters. The molecule has 1 amide bonds. The summed E-state index contributed by atoms with van der Waals surface area (Å²) in [5.41, 5.74) is 0.327. The predicted molar refractivity (Wildman–Crippen MR) is 83.2 cm³/mol. The van der Waals surface area contributed by atoms with Gasteiger partial charge in [0.2, 0.25) is 0 Å². The molecule has 0 saturated carbocycles. The van der Waals surface area contributed by atoms with Crippen LogP contribution in [0.5, 0.6) is 0 Å². The van der Waals surface area contributed by atoms with Crippen LogP contribution in [0.1, 0.15) is 37.6 Å². The molecule has 1 saturated heterocycles. The van der Waals surface area contributed by atoms with E-state index in [2.05, 4.69) is 25.7 Å². The van der Waals surface area contributed by atoms with Crippen molar-refractivity contribution in [3.8, 4) is 0 Å². The van der Waals surface area contributed by atoms with E-state index in [0.717, 1.165) is 13.0 Å². The molecule has 3 nitrogen and oxygen atoms in total. The van der Waals surface area contributed by atoms with Crippen molar-refractivity contribution in [3.63, 3.8) is 0 Å². The van der Waals surface area contributed by atoms with Gasteiger partial charge in [-0.15, -0.1) is 0 Å². The predicted octanol–water partition coefficient (Wildman–Crippen LogP) is 3.42. The van der Waals surface area contributed by atoms with Gasteiger partial charge < -0.3 is 4.90 Å². The Balaban J connectivity index is 2.14. The fraction of sp³-hybridized carbons (Fsp3) is 0.562. The summed E-state index contributed by atoms with van der Waals surface area (Å²) in [6, 6.07) is 4.82. The molecule has 1 aromatic rings. The summed E-state index contributed by atoms with van der Waals surface area (Å²) in [6.07, 6.45) is 0.992. The fourth-order valence-corrected chi connectivity index (χ4v) is 3.18. The molecule has 1 heterocycles. The number of hydrogen-bond donors (Lipinski definition) is 0. The number of carbonyl (C=O) groups excluding carboxylic acids is 1. The number of hydrogen-bond acceptors (Lipinski definition) is 2. The lowest BCUT2D eigenvalue weighted by molar-refractivity contribution is 0.0371. The van der Waals surface area contributed by atoms with Gasteiger partial charge >= 0.3 is 0 Å². The van der Waals surface area contributed by atoms with Crippen LogP contribution in [0.3, 0.4) is 0 Å². The van der Waals surface area contributed by atoms with Gasteiger partial charge in [-0.3, -0.25) is 9.69 Å². The minimum Gasteiger partial charge on any atom is -0.336 e. The minimum absolute atomic E-state index is 0.141. The highest BCUT2D eigenvalue weighted by Gasteiger charge is 2.30. The van der Waals surface area contributed by atoms with Crippen LogP contribution < -0.4 is 0 Å². The molecule has 1 aromatic carbocycles. The normalized spacial score (nSPS) is 20.1. The highest BCUT2D eigenvalue weighted by atomic mass is 35.5. The Bertz CT molecular complexity index is 501. The Kier molecular flexibility index (Phi) is 5.22. The first-order valence-corrected chi connectivity index (χ1v) is 7.81. The van der Waals surface area contributed by atoms with Crippen LogP contribution in [-0.2, 0) is 0 Å². The SMILES string of the molecule is CC[C@H]1CN(C(=O)c2cc(F)cc(Cl)c2)CCN1C(C)C. The number of benzene rings is 1. The molecular formula is C16H22ClFN2O. The average Bonchev–Trinajstić information content (AvgIpc) is 2.44. The zero-order chi connectivity index (χ0) is 15.6. The number of piperazine rings is 1. The second-order valence-electron chi connectivity index (χ2n) is 5.80. The van der Waals surface area contributed by atoms with Crippen molar-refractivity contribution in [2.75, 3.05) is 19.6 Å². The molecule has 1 aliphatic rings. The molecule has 1 fully saturated rings. The van der Waals surface area contributed by atoms with Crippen molar-refractivity contribution in [1.29, 1.82) is 0 Å². The van der Waals surface area contributed by atoms with E-state index < -0.39 is 5.82 Å². The van der Waals surface area contributed by atoms with Gasteiger partial charge in [0, 0.05) is 42.3 Å². The van der Waals surface area contributed by atoms with Crippen LogP contribution in [0.4, 0.5) is 4.39 Å². The van der Waals surface area contributed by atoms with Gasteiger partial charge in [0.15, 0.2) is 0 Å². The lowest BCUT2D eigenvalue weighted by Gasteiger charge is -2.43. The van der Waals surface area contributed by atoms with Crippen molar-refractivity contribution >= 4 is 17.5 Å². The number of rotatable bonds is 3. The Morgan fingerprint density at radius 1 is 1.38 bits per heavy atom. The number of nitrogens with zero attached hydrogens (tertiary/aromatic N) is 2. The highest BCUT2D eigenvalue weighted by molar-refractivity contribution is 6.31. The standard InChI is InChI=1S/C16H22ClFN2O/c1-4-15-10-19(5-6-20(15)11(2)3)16(21)12-7-13(17)9-14(18)8-12/h7-9,11,15H,4-6,10H2,1-3H3/t15-/m0/s1. The first kappa shape index (κ1) is 16.2. The maximum Gasteiger partial charge on any atom is 0.254 e. The lowest BCUT2D eigenvalue weighted by atomic mass is 10.1. The summed E-state index contributed by atoms with van der Waals surface area (Å²) in [4.78, 5) is 16.7. The summed E-state index contributed by atoms with van der Waals surface area (Å²) >= 11 is 5.83. The molecule has 2 rings (SSSR count). The average molecular weight is 313 g/mol. The summed E-state index contributed by atoms with van der Waals surface area (Å²) in [7, 11) is 0. The zero-order valence-electron chi connectivity index (χ0n) is 12.8. The molecule has 116 valence electrons. The van der Waals surface area contributed by atoms with Crippen LogP contribution in [0.2, 0.25) is 5.02 Å². The van der Waals surface area contributed by atoms with Crippen molar-refractivity contribution in [2.45, 2.75) is 39.3 Å². The summed E-state index contributed by atoms with van der Waals surface area (Å²) in [5.74, 6) is -0.614. The van der Waals surface area contributed by atoms with Crippen LogP contribution >= 0.6 is 11.6 Å². The van der Waals surface area contributed by atoms with Gasteiger partial charge in [0.1, 0.15) is 5.82 Å². The molecule has 1 aliphatic heterocycles. The minimum atomic E-state index is -0.473. The maximum atomic E-state index is 13.4. The van der Waals surface area contributed by atoms with Crippen LogP contribution in [-0.4, -0.2) is 47.4 Å². The van der Waals surface area contributed by atoms with Crippen LogP contribution in [0.25, 0.3) is 0 Å². The van der Waals surface area contributed by atoms with Crippen molar-refractivity contribution < 1.29 is 9.18 Å². The quantitative estimate of drug-likeness (QED) is 0.854. The van der Waals surface area contributed by atoms with E-state index in [1.165, 1.54) is 18.2 Å². The van der Waals surface area contributed by atoms with Crippen molar-refractivity contribution in [3.05, 3.63) is 34.6 Å². The van der Waals surface area contributed by atoms with Gasteiger partial charge in [0.05, 0.1) is 0 Å². The Hall–Kier alpha value is -1.13. The first-order valence-electron chi connectivity index (χ1n) is 7.43. The van der Waals surface area contributed by atoms with Crippen LogP contribution in [0, 0.1) is 5.82 Å². The zero-order valence-corrected chi connectivity index (χ0v) is 13.5. The molecular weight excluding hydrogens is 291 g/mol. The Morgan fingerprint density at radius 3 is 2.67 bits per heavy atom. The third-order valence-corrected chi connectivity index (χ3v) is 4.28. The van der Waals surface area contributed by atoms with E-state index in [1.54, 1.807) is 4.90 Å². The van der Waals surface area contributed by atoms with Crippen LogP contribution in [0.15, 0.2) is 18.2 Å². The lowest BCUT2D eigenvalue weighted by Crippen LogP contribution is -2.56. The third kappa shape index (κ3) is 3.74. The molecule has 0 N–H and O–H groups in total. The number of halogens is 2. The van der Waals surface area contributed by atoms with Gasteiger partial charge in [-0.05, 0) is 38.5 Å². The molecule has 21 heavy (non-hydrogen) atoms. The van der Waals surface area contributed by atoms with E-state index >= 15 is 0 Å². The number of carbonyl (C=O) groups is 1. The van der Waals surface area contributed by atoms with Crippen molar-refractivity contribution in [2.24, 2.45) is 0 Å².